The number of aryl methyl sites for hydroxylation is 1. The van der Waals surface area contributed by atoms with E-state index in [2.05, 4.69) is 4.98 Å². The standard InChI is InChI=1S/C13H8ClNO2S/c1-7-13(18-6-15-7)12(16)11-5-8-4-9(14)2-3-10(8)17-11/h2-6H,1H3. The quantitative estimate of drug-likeness (QED) is 0.663. The first-order chi connectivity index (χ1) is 8.65. The molecule has 0 radical (unpaired) electrons. The van der Waals surface area contributed by atoms with Gasteiger partial charge >= 0.3 is 0 Å². The van der Waals surface area contributed by atoms with Gasteiger partial charge in [-0.1, -0.05) is 11.6 Å². The minimum atomic E-state index is -0.137. The molecule has 0 bridgehead atoms. The number of furan rings is 1. The van der Waals surface area contributed by atoms with Gasteiger partial charge in [0.2, 0.25) is 5.78 Å². The Morgan fingerprint density at radius 3 is 2.94 bits per heavy atom. The highest BCUT2D eigenvalue weighted by molar-refractivity contribution is 7.12. The summed E-state index contributed by atoms with van der Waals surface area (Å²) >= 11 is 7.22. The highest BCUT2D eigenvalue weighted by Crippen LogP contribution is 2.26. The molecule has 5 heteroatoms. The Morgan fingerprint density at radius 2 is 2.22 bits per heavy atom. The maximum Gasteiger partial charge on any atom is 0.240 e. The summed E-state index contributed by atoms with van der Waals surface area (Å²) in [6, 6.07) is 6.98. The topological polar surface area (TPSA) is 43.1 Å². The van der Waals surface area contributed by atoms with Crippen LogP contribution >= 0.6 is 22.9 Å². The van der Waals surface area contributed by atoms with Crippen molar-refractivity contribution in [2.45, 2.75) is 6.92 Å². The molecule has 1 aromatic carbocycles. The number of rotatable bonds is 2. The maximum atomic E-state index is 12.2. The molecule has 0 N–H and O–H groups in total. The maximum absolute atomic E-state index is 12.2. The van der Waals surface area contributed by atoms with E-state index in [0.717, 1.165) is 11.1 Å². The first kappa shape index (κ1) is 11.4. The summed E-state index contributed by atoms with van der Waals surface area (Å²) in [6.07, 6.45) is 0. The molecule has 0 spiro atoms. The summed E-state index contributed by atoms with van der Waals surface area (Å²) in [5.74, 6) is 0.182. The normalized spacial score (nSPS) is 11.0. The van der Waals surface area contributed by atoms with Crippen LogP contribution in [0.2, 0.25) is 5.02 Å². The number of hydrogen-bond donors (Lipinski definition) is 0. The fourth-order valence-corrected chi connectivity index (χ4v) is 2.69. The largest absolute Gasteiger partial charge is 0.453 e. The highest BCUT2D eigenvalue weighted by Gasteiger charge is 2.18. The van der Waals surface area contributed by atoms with Crippen LogP contribution in [0.5, 0.6) is 0 Å². The van der Waals surface area contributed by atoms with Crippen LogP contribution in [0.4, 0.5) is 0 Å². The van der Waals surface area contributed by atoms with Gasteiger partial charge in [0.1, 0.15) is 10.5 Å². The summed E-state index contributed by atoms with van der Waals surface area (Å²) < 4.78 is 5.53. The van der Waals surface area contributed by atoms with Gasteiger partial charge in [-0.3, -0.25) is 4.79 Å². The second-order valence-electron chi connectivity index (χ2n) is 3.89. The molecule has 90 valence electrons. The third-order valence-electron chi connectivity index (χ3n) is 2.65. The molecule has 0 aliphatic rings. The molecule has 2 aromatic heterocycles. The molecule has 0 fully saturated rings. The molecule has 2 heterocycles. The van der Waals surface area contributed by atoms with Crippen molar-refractivity contribution in [3.8, 4) is 0 Å². The molecule has 3 nitrogen and oxygen atoms in total. The second-order valence-corrected chi connectivity index (χ2v) is 5.18. The van der Waals surface area contributed by atoms with Crippen molar-refractivity contribution in [1.29, 1.82) is 0 Å². The lowest BCUT2D eigenvalue weighted by molar-refractivity contribution is 0.101. The molecule has 0 unspecified atom stereocenters. The summed E-state index contributed by atoms with van der Waals surface area (Å²) in [5, 5.41) is 1.45. The van der Waals surface area contributed by atoms with Crippen LogP contribution < -0.4 is 0 Å². The van der Waals surface area contributed by atoms with Crippen molar-refractivity contribution in [1.82, 2.24) is 4.98 Å². The lowest BCUT2D eigenvalue weighted by Crippen LogP contribution is -1.98. The van der Waals surface area contributed by atoms with Gasteiger partial charge in [0.25, 0.3) is 0 Å². The van der Waals surface area contributed by atoms with Crippen molar-refractivity contribution in [3.05, 3.63) is 51.1 Å². The Bertz CT molecular complexity index is 744. The van der Waals surface area contributed by atoms with Crippen LogP contribution in [0.15, 0.2) is 34.2 Å². The predicted octanol–water partition coefficient (Wildman–Crippen LogP) is 4.08. The fraction of sp³-hybridized carbons (Fsp3) is 0.0769. The molecule has 18 heavy (non-hydrogen) atoms. The molecule has 0 atom stereocenters. The van der Waals surface area contributed by atoms with Gasteiger partial charge in [0.05, 0.1) is 11.2 Å². The van der Waals surface area contributed by atoms with Gasteiger partial charge in [-0.15, -0.1) is 11.3 Å². The molecule has 3 rings (SSSR count). The number of aromatic nitrogens is 1. The fourth-order valence-electron chi connectivity index (χ4n) is 1.76. The van der Waals surface area contributed by atoms with E-state index in [-0.39, 0.29) is 5.78 Å². The molecule has 0 aliphatic heterocycles. The molecular formula is C13H8ClNO2S. The van der Waals surface area contributed by atoms with Gasteiger partial charge in [-0.25, -0.2) is 4.98 Å². The van der Waals surface area contributed by atoms with E-state index in [0.29, 0.717) is 21.2 Å². The molecular weight excluding hydrogens is 270 g/mol. The predicted molar refractivity (Wildman–Crippen MR) is 71.5 cm³/mol. The summed E-state index contributed by atoms with van der Waals surface area (Å²) in [5.41, 5.74) is 3.04. The number of fused-ring (bicyclic) bond motifs is 1. The van der Waals surface area contributed by atoms with Crippen molar-refractivity contribution in [2.24, 2.45) is 0 Å². The Morgan fingerprint density at radius 1 is 1.39 bits per heavy atom. The van der Waals surface area contributed by atoms with Gasteiger partial charge in [0, 0.05) is 10.4 Å². The van der Waals surface area contributed by atoms with E-state index in [1.807, 2.05) is 6.92 Å². The van der Waals surface area contributed by atoms with Crippen LogP contribution in [0.25, 0.3) is 11.0 Å². The van der Waals surface area contributed by atoms with Gasteiger partial charge in [0.15, 0.2) is 5.76 Å². The third-order valence-corrected chi connectivity index (χ3v) is 3.82. The average Bonchev–Trinajstić information content (AvgIpc) is 2.93. The van der Waals surface area contributed by atoms with Gasteiger partial charge in [-0.2, -0.15) is 0 Å². The van der Waals surface area contributed by atoms with E-state index >= 15 is 0 Å². The third kappa shape index (κ3) is 1.83. The summed E-state index contributed by atoms with van der Waals surface area (Å²) in [6.45, 7) is 1.81. The van der Waals surface area contributed by atoms with Crippen LogP contribution in [0.3, 0.4) is 0 Å². The van der Waals surface area contributed by atoms with Crippen LogP contribution in [-0.4, -0.2) is 10.8 Å². The molecule has 0 amide bonds. The van der Waals surface area contributed by atoms with Crippen molar-refractivity contribution in [2.75, 3.05) is 0 Å². The smallest absolute Gasteiger partial charge is 0.240 e. The number of halogens is 1. The number of nitrogens with zero attached hydrogens (tertiary/aromatic N) is 1. The highest BCUT2D eigenvalue weighted by atomic mass is 35.5. The second kappa shape index (κ2) is 4.23. The first-order valence-corrected chi connectivity index (χ1v) is 6.55. The minimum absolute atomic E-state index is 0.137. The van der Waals surface area contributed by atoms with E-state index in [4.69, 9.17) is 16.0 Å². The number of ketones is 1. The van der Waals surface area contributed by atoms with E-state index < -0.39 is 0 Å². The number of benzene rings is 1. The Balaban J connectivity index is 2.10. The Hall–Kier alpha value is -1.65. The van der Waals surface area contributed by atoms with Gasteiger partial charge in [-0.05, 0) is 31.2 Å². The average molecular weight is 278 g/mol. The number of carbonyl (C=O) groups is 1. The molecule has 0 saturated heterocycles. The monoisotopic (exact) mass is 277 g/mol. The number of thiazole rings is 1. The lowest BCUT2D eigenvalue weighted by Gasteiger charge is -1.93. The van der Waals surface area contributed by atoms with Gasteiger partial charge < -0.3 is 4.42 Å². The summed E-state index contributed by atoms with van der Waals surface area (Å²) in [7, 11) is 0. The Labute approximate surface area is 112 Å². The van der Waals surface area contributed by atoms with E-state index in [1.54, 1.807) is 29.8 Å². The SMILES string of the molecule is Cc1ncsc1C(=O)c1cc2cc(Cl)ccc2o1. The number of hydrogen-bond acceptors (Lipinski definition) is 4. The van der Waals surface area contributed by atoms with Crippen molar-refractivity contribution in [3.63, 3.8) is 0 Å². The summed E-state index contributed by atoms with van der Waals surface area (Å²) in [4.78, 5) is 16.9. The zero-order valence-electron chi connectivity index (χ0n) is 9.44. The first-order valence-electron chi connectivity index (χ1n) is 5.29. The lowest BCUT2D eigenvalue weighted by atomic mass is 10.2. The molecule has 0 saturated carbocycles. The van der Waals surface area contributed by atoms with E-state index in [1.165, 1.54) is 11.3 Å². The zero-order chi connectivity index (χ0) is 12.7. The molecule has 0 aliphatic carbocycles. The van der Waals surface area contributed by atoms with Crippen molar-refractivity contribution < 1.29 is 9.21 Å². The number of carbonyl (C=O) groups excluding carboxylic acids is 1. The van der Waals surface area contributed by atoms with Crippen molar-refractivity contribution >= 4 is 39.7 Å². The zero-order valence-corrected chi connectivity index (χ0v) is 11.0. The minimum Gasteiger partial charge on any atom is -0.453 e. The van der Waals surface area contributed by atoms with Crippen LogP contribution in [0.1, 0.15) is 21.1 Å². The van der Waals surface area contributed by atoms with Crippen LogP contribution in [0, 0.1) is 6.92 Å². The van der Waals surface area contributed by atoms with E-state index in [9.17, 15) is 4.79 Å². The Kier molecular flexibility index (Phi) is 2.69. The van der Waals surface area contributed by atoms with Crippen LogP contribution in [-0.2, 0) is 0 Å². The molecule has 3 aromatic rings.